The van der Waals surface area contributed by atoms with E-state index in [0.29, 0.717) is 0 Å². The van der Waals surface area contributed by atoms with E-state index in [-0.39, 0.29) is 30.4 Å². The third-order valence-corrected chi connectivity index (χ3v) is 2.29. The molecule has 0 saturated carbocycles. The molecule has 0 fully saturated rings. The molecule has 0 rings (SSSR count). The van der Waals surface area contributed by atoms with E-state index in [2.05, 4.69) is 12.6 Å². The largest absolute Gasteiger partial charge is 0.480 e. The standard InChI is InChI=1S/C9H15NO4S/c1-6(11)3-4-10(7(2)12)8(5-15)9(13)14/h8,15H,3-5H2,1-2H3,(H,13,14)/t8-/m0/s1. The lowest BCUT2D eigenvalue weighted by Crippen LogP contribution is -2.46. The average molecular weight is 233 g/mol. The Morgan fingerprint density at radius 1 is 1.33 bits per heavy atom. The zero-order chi connectivity index (χ0) is 12.0. The lowest BCUT2D eigenvalue weighted by molar-refractivity contribution is -0.148. The molecule has 0 heterocycles. The number of aliphatic carboxylic acids is 1. The molecule has 0 aliphatic rings. The predicted molar refractivity (Wildman–Crippen MR) is 58.0 cm³/mol. The highest BCUT2D eigenvalue weighted by atomic mass is 32.1. The molecular formula is C9H15NO4S. The van der Waals surface area contributed by atoms with Crippen LogP contribution in [0.15, 0.2) is 0 Å². The monoisotopic (exact) mass is 233 g/mol. The fraction of sp³-hybridized carbons (Fsp3) is 0.667. The number of ketones is 1. The second kappa shape index (κ2) is 6.44. The van der Waals surface area contributed by atoms with Crippen LogP contribution in [0.25, 0.3) is 0 Å². The normalized spacial score (nSPS) is 11.9. The summed E-state index contributed by atoms with van der Waals surface area (Å²) in [6, 6.07) is -0.967. The van der Waals surface area contributed by atoms with Crippen LogP contribution in [0.4, 0.5) is 0 Å². The number of Topliss-reactive ketones (excluding diaryl/α,β-unsaturated/α-hetero) is 1. The van der Waals surface area contributed by atoms with Gasteiger partial charge in [0.25, 0.3) is 0 Å². The van der Waals surface area contributed by atoms with Crippen LogP contribution in [-0.2, 0) is 14.4 Å². The van der Waals surface area contributed by atoms with Crippen molar-refractivity contribution >= 4 is 30.3 Å². The first kappa shape index (κ1) is 14.0. The van der Waals surface area contributed by atoms with Gasteiger partial charge in [-0.2, -0.15) is 12.6 Å². The molecule has 5 nitrogen and oxygen atoms in total. The van der Waals surface area contributed by atoms with Crippen LogP contribution in [0.5, 0.6) is 0 Å². The van der Waals surface area contributed by atoms with Gasteiger partial charge in [-0.25, -0.2) is 4.79 Å². The number of carboxylic acids is 1. The van der Waals surface area contributed by atoms with Crippen molar-refractivity contribution in [2.24, 2.45) is 0 Å². The molecule has 0 aromatic carbocycles. The maximum Gasteiger partial charge on any atom is 0.327 e. The minimum Gasteiger partial charge on any atom is -0.480 e. The summed E-state index contributed by atoms with van der Waals surface area (Å²) in [7, 11) is 0. The van der Waals surface area contributed by atoms with Crippen LogP contribution in [0.1, 0.15) is 20.3 Å². The van der Waals surface area contributed by atoms with Gasteiger partial charge in [-0.15, -0.1) is 0 Å². The van der Waals surface area contributed by atoms with Gasteiger partial charge in [0, 0.05) is 25.6 Å². The molecule has 15 heavy (non-hydrogen) atoms. The number of hydrogen-bond acceptors (Lipinski definition) is 4. The van der Waals surface area contributed by atoms with Crippen LogP contribution in [0.3, 0.4) is 0 Å². The summed E-state index contributed by atoms with van der Waals surface area (Å²) in [5.41, 5.74) is 0. The van der Waals surface area contributed by atoms with E-state index in [1.165, 1.54) is 13.8 Å². The summed E-state index contributed by atoms with van der Waals surface area (Å²) >= 11 is 3.87. The second-order valence-electron chi connectivity index (χ2n) is 3.20. The van der Waals surface area contributed by atoms with Crippen molar-refractivity contribution in [3.63, 3.8) is 0 Å². The molecule has 0 radical (unpaired) electrons. The van der Waals surface area contributed by atoms with Crippen molar-refractivity contribution in [1.29, 1.82) is 0 Å². The molecule has 1 N–H and O–H groups in total. The molecule has 0 unspecified atom stereocenters. The van der Waals surface area contributed by atoms with Gasteiger partial charge < -0.3 is 10.0 Å². The minimum atomic E-state index is -1.11. The van der Waals surface area contributed by atoms with Gasteiger partial charge in [-0.05, 0) is 6.92 Å². The van der Waals surface area contributed by atoms with Gasteiger partial charge >= 0.3 is 5.97 Å². The van der Waals surface area contributed by atoms with Gasteiger partial charge in [0.15, 0.2) is 0 Å². The fourth-order valence-electron chi connectivity index (χ4n) is 1.12. The van der Waals surface area contributed by atoms with Crippen LogP contribution in [0.2, 0.25) is 0 Å². The Morgan fingerprint density at radius 2 is 1.87 bits per heavy atom. The summed E-state index contributed by atoms with van der Waals surface area (Å²) in [6.45, 7) is 2.80. The van der Waals surface area contributed by atoms with Gasteiger partial charge in [0.2, 0.25) is 5.91 Å². The van der Waals surface area contributed by atoms with Crippen molar-refractivity contribution < 1.29 is 19.5 Å². The number of amides is 1. The van der Waals surface area contributed by atoms with Gasteiger partial charge in [-0.3, -0.25) is 9.59 Å². The number of carbonyl (C=O) groups is 3. The summed E-state index contributed by atoms with van der Waals surface area (Å²) in [4.78, 5) is 33.9. The van der Waals surface area contributed by atoms with Crippen molar-refractivity contribution in [1.82, 2.24) is 4.90 Å². The molecule has 0 saturated heterocycles. The van der Waals surface area contributed by atoms with Crippen LogP contribution < -0.4 is 0 Å². The fourth-order valence-corrected chi connectivity index (χ4v) is 1.47. The van der Waals surface area contributed by atoms with E-state index < -0.39 is 12.0 Å². The molecule has 6 heteroatoms. The Kier molecular flexibility index (Phi) is 6.00. The molecule has 1 amide bonds. The third-order valence-electron chi connectivity index (χ3n) is 1.94. The lowest BCUT2D eigenvalue weighted by Gasteiger charge is -2.26. The first-order valence-corrected chi connectivity index (χ1v) is 5.13. The molecule has 0 aromatic heterocycles. The third kappa shape index (κ3) is 4.83. The highest BCUT2D eigenvalue weighted by Crippen LogP contribution is 2.04. The van der Waals surface area contributed by atoms with E-state index in [1.807, 2.05) is 0 Å². The maximum atomic E-state index is 11.2. The Balaban J connectivity index is 4.55. The van der Waals surface area contributed by atoms with E-state index in [1.54, 1.807) is 0 Å². The van der Waals surface area contributed by atoms with Crippen molar-refractivity contribution in [3.8, 4) is 0 Å². The van der Waals surface area contributed by atoms with Crippen molar-refractivity contribution in [2.45, 2.75) is 26.3 Å². The summed E-state index contributed by atoms with van der Waals surface area (Å²) in [6.07, 6.45) is 0.164. The highest BCUT2D eigenvalue weighted by molar-refractivity contribution is 7.80. The quantitative estimate of drug-likeness (QED) is 0.643. The van der Waals surface area contributed by atoms with E-state index >= 15 is 0 Å². The number of nitrogens with zero attached hydrogens (tertiary/aromatic N) is 1. The molecular weight excluding hydrogens is 218 g/mol. The second-order valence-corrected chi connectivity index (χ2v) is 3.57. The average Bonchev–Trinajstić information content (AvgIpc) is 2.10. The zero-order valence-electron chi connectivity index (χ0n) is 8.77. The zero-order valence-corrected chi connectivity index (χ0v) is 9.66. The smallest absolute Gasteiger partial charge is 0.327 e. The van der Waals surface area contributed by atoms with E-state index in [9.17, 15) is 14.4 Å². The molecule has 0 aliphatic heterocycles. The summed E-state index contributed by atoms with van der Waals surface area (Å²) in [5, 5.41) is 8.83. The Bertz CT molecular complexity index is 267. The van der Waals surface area contributed by atoms with Gasteiger partial charge in [-0.1, -0.05) is 0 Å². The van der Waals surface area contributed by atoms with Gasteiger partial charge in [0.1, 0.15) is 11.8 Å². The molecule has 0 aromatic rings. The van der Waals surface area contributed by atoms with Crippen molar-refractivity contribution in [2.75, 3.05) is 12.3 Å². The Labute approximate surface area is 93.9 Å². The van der Waals surface area contributed by atoms with Crippen LogP contribution in [0, 0.1) is 0 Å². The number of thiol groups is 1. The van der Waals surface area contributed by atoms with Crippen LogP contribution >= 0.6 is 12.6 Å². The predicted octanol–water partition coefficient (Wildman–Crippen LogP) is 0.197. The summed E-state index contributed by atoms with van der Waals surface area (Å²) < 4.78 is 0. The molecule has 0 bridgehead atoms. The van der Waals surface area contributed by atoms with E-state index in [0.717, 1.165) is 4.90 Å². The number of carboxylic acid groups (broad SMARTS) is 1. The number of carbonyl (C=O) groups excluding carboxylic acids is 2. The minimum absolute atomic E-state index is 0.0345. The topological polar surface area (TPSA) is 74.7 Å². The lowest BCUT2D eigenvalue weighted by atomic mass is 10.2. The SMILES string of the molecule is CC(=O)CCN(C(C)=O)[C@@H](CS)C(=O)O. The molecule has 0 aliphatic carbocycles. The van der Waals surface area contributed by atoms with Gasteiger partial charge in [0.05, 0.1) is 0 Å². The first-order valence-electron chi connectivity index (χ1n) is 4.50. The Morgan fingerprint density at radius 3 is 2.13 bits per heavy atom. The Hall–Kier alpha value is -1.04. The number of rotatable bonds is 6. The van der Waals surface area contributed by atoms with Crippen LogP contribution in [-0.4, -0.2) is 46.0 Å². The highest BCUT2D eigenvalue weighted by Gasteiger charge is 2.26. The molecule has 1 atom stereocenters. The molecule has 86 valence electrons. The summed E-state index contributed by atoms with van der Waals surface area (Å²) in [5.74, 6) is -1.52. The number of hydrogen-bond donors (Lipinski definition) is 2. The maximum absolute atomic E-state index is 11.2. The van der Waals surface area contributed by atoms with E-state index in [4.69, 9.17) is 5.11 Å². The molecule has 0 spiro atoms. The first-order chi connectivity index (χ1) is 6.90. The van der Waals surface area contributed by atoms with Crippen molar-refractivity contribution in [3.05, 3.63) is 0 Å².